The van der Waals surface area contributed by atoms with Crippen LogP contribution in [0.5, 0.6) is 0 Å². The van der Waals surface area contributed by atoms with Crippen molar-refractivity contribution in [1.82, 2.24) is 19.9 Å². The highest BCUT2D eigenvalue weighted by Gasteiger charge is 2.17. The maximum Gasteiger partial charge on any atom is 0.109 e. The van der Waals surface area contributed by atoms with Crippen LogP contribution in [0.1, 0.15) is 31.3 Å². The van der Waals surface area contributed by atoms with Crippen LogP contribution in [-0.4, -0.2) is 19.9 Å². The van der Waals surface area contributed by atoms with Gasteiger partial charge >= 0.3 is 0 Å². The summed E-state index contributed by atoms with van der Waals surface area (Å²) in [6.07, 6.45) is 3.95. The topological polar surface area (TPSA) is 57.4 Å². The summed E-state index contributed by atoms with van der Waals surface area (Å²) < 4.78 is 0. The lowest BCUT2D eigenvalue weighted by Crippen LogP contribution is -1.90. The van der Waals surface area contributed by atoms with E-state index in [0.29, 0.717) is 5.92 Å². The number of aromatic amines is 2. The Morgan fingerprint density at radius 3 is 2.42 bits per heavy atom. The zero-order valence-corrected chi connectivity index (χ0v) is 15.2. The molecule has 0 aliphatic heterocycles. The van der Waals surface area contributed by atoms with Gasteiger partial charge in [0.2, 0.25) is 0 Å². The van der Waals surface area contributed by atoms with Gasteiger partial charge in [-0.2, -0.15) is 0 Å². The van der Waals surface area contributed by atoms with Gasteiger partial charge in [-0.05, 0) is 42.3 Å². The average molecular weight is 342 g/mol. The Hall–Kier alpha value is -3.14. The smallest absolute Gasteiger partial charge is 0.109 e. The zero-order valence-electron chi connectivity index (χ0n) is 15.2. The van der Waals surface area contributed by atoms with E-state index in [2.05, 4.69) is 54.1 Å². The molecule has 4 heteroatoms. The SMILES string of the molecule is Cc1cccc(-c2[nH]c(C(C)C)nc2-c2cccc(-c3cc[nH]c3)c2)n1. The van der Waals surface area contributed by atoms with Crippen LogP contribution in [0.2, 0.25) is 0 Å². The largest absolute Gasteiger partial charge is 0.367 e. The highest BCUT2D eigenvalue weighted by atomic mass is 15.0. The van der Waals surface area contributed by atoms with Gasteiger partial charge in [0.1, 0.15) is 5.82 Å². The molecule has 2 N–H and O–H groups in total. The molecule has 0 aliphatic rings. The summed E-state index contributed by atoms with van der Waals surface area (Å²) in [7, 11) is 0. The predicted octanol–water partition coefficient (Wildman–Crippen LogP) is 5.57. The van der Waals surface area contributed by atoms with E-state index in [4.69, 9.17) is 9.97 Å². The summed E-state index contributed by atoms with van der Waals surface area (Å²) in [5.41, 5.74) is 7.27. The minimum Gasteiger partial charge on any atom is -0.367 e. The number of hydrogen-bond acceptors (Lipinski definition) is 2. The van der Waals surface area contributed by atoms with Gasteiger partial charge in [-0.15, -0.1) is 0 Å². The molecule has 0 spiro atoms. The van der Waals surface area contributed by atoms with Crippen LogP contribution in [-0.2, 0) is 0 Å². The highest BCUT2D eigenvalue weighted by Crippen LogP contribution is 2.33. The Morgan fingerprint density at radius 1 is 0.885 bits per heavy atom. The molecule has 0 saturated carbocycles. The highest BCUT2D eigenvalue weighted by molar-refractivity contribution is 5.80. The molecular weight excluding hydrogens is 320 g/mol. The summed E-state index contributed by atoms with van der Waals surface area (Å²) in [6.45, 7) is 6.30. The average Bonchev–Trinajstić information content (AvgIpc) is 3.32. The number of aromatic nitrogens is 4. The maximum absolute atomic E-state index is 4.91. The lowest BCUT2D eigenvalue weighted by atomic mass is 10.0. The second kappa shape index (κ2) is 6.64. The molecule has 0 fully saturated rings. The van der Waals surface area contributed by atoms with E-state index in [-0.39, 0.29) is 0 Å². The van der Waals surface area contributed by atoms with Crippen LogP contribution < -0.4 is 0 Å². The Balaban J connectivity index is 1.87. The first-order valence-electron chi connectivity index (χ1n) is 8.89. The first-order valence-corrected chi connectivity index (χ1v) is 8.89. The van der Waals surface area contributed by atoms with E-state index >= 15 is 0 Å². The molecule has 0 unspecified atom stereocenters. The van der Waals surface area contributed by atoms with Crippen LogP contribution in [0.3, 0.4) is 0 Å². The maximum atomic E-state index is 4.91. The molecule has 3 aromatic heterocycles. The van der Waals surface area contributed by atoms with Gasteiger partial charge in [0.05, 0.1) is 17.1 Å². The molecular formula is C22H22N4. The third-order valence-electron chi connectivity index (χ3n) is 4.48. The normalized spacial score (nSPS) is 11.2. The van der Waals surface area contributed by atoms with Gasteiger partial charge in [-0.1, -0.05) is 38.1 Å². The van der Waals surface area contributed by atoms with Crippen molar-refractivity contribution < 1.29 is 0 Å². The minimum absolute atomic E-state index is 0.320. The summed E-state index contributed by atoms with van der Waals surface area (Å²) >= 11 is 0. The van der Waals surface area contributed by atoms with Gasteiger partial charge in [-0.25, -0.2) is 4.98 Å². The molecule has 0 bridgehead atoms. The monoisotopic (exact) mass is 342 g/mol. The van der Waals surface area contributed by atoms with Crippen LogP contribution >= 0.6 is 0 Å². The molecule has 3 heterocycles. The van der Waals surface area contributed by atoms with Crippen molar-refractivity contribution in [1.29, 1.82) is 0 Å². The Bertz CT molecular complexity index is 1030. The second-order valence-electron chi connectivity index (χ2n) is 6.85. The predicted molar refractivity (Wildman–Crippen MR) is 106 cm³/mol. The van der Waals surface area contributed by atoms with Crippen molar-refractivity contribution in [2.45, 2.75) is 26.7 Å². The Labute approximate surface area is 153 Å². The standard InChI is InChI=1S/C22H22N4/c1-14(2)22-25-20(21(26-22)19-9-4-6-15(3)24-19)17-8-5-7-16(12-17)18-10-11-23-13-18/h4-14,23H,1-3H3,(H,25,26). The third kappa shape index (κ3) is 3.06. The van der Waals surface area contributed by atoms with Crippen LogP contribution in [0.15, 0.2) is 60.9 Å². The molecule has 0 saturated heterocycles. The number of aryl methyl sites for hydroxylation is 1. The number of rotatable bonds is 4. The van der Waals surface area contributed by atoms with Gasteiger partial charge in [0.25, 0.3) is 0 Å². The number of imidazole rings is 1. The van der Waals surface area contributed by atoms with E-state index in [1.54, 1.807) is 0 Å². The van der Waals surface area contributed by atoms with Crippen molar-refractivity contribution in [3.8, 4) is 33.8 Å². The third-order valence-corrected chi connectivity index (χ3v) is 4.48. The van der Waals surface area contributed by atoms with Crippen LogP contribution in [0.25, 0.3) is 33.8 Å². The first kappa shape index (κ1) is 16.3. The summed E-state index contributed by atoms with van der Waals surface area (Å²) in [6, 6.07) is 16.6. The van der Waals surface area contributed by atoms with Crippen molar-refractivity contribution >= 4 is 0 Å². The van der Waals surface area contributed by atoms with E-state index in [1.807, 2.05) is 37.5 Å². The molecule has 0 amide bonds. The zero-order chi connectivity index (χ0) is 18.1. The van der Waals surface area contributed by atoms with E-state index in [0.717, 1.165) is 34.2 Å². The van der Waals surface area contributed by atoms with Crippen molar-refractivity contribution in [2.75, 3.05) is 0 Å². The fraction of sp³-hybridized carbons (Fsp3) is 0.182. The fourth-order valence-corrected chi connectivity index (χ4v) is 3.09. The number of nitrogens with one attached hydrogen (secondary N) is 2. The molecule has 4 aromatic rings. The van der Waals surface area contributed by atoms with Gasteiger partial charge < -0.3 is 9.97 Å². The van der Waals surface area contributed by atoms with Gasteiger partial charge in [0, 0.05) is 29.6 Å². The quantitative estimate of drug-likeness (QED) is 0.510. The Kier molecular flexibility index (Phi) is 4.17. The van der Waals surface area contributed by atoms with Gasteiger partial charge in [0.15, 0.2) is 0 Å². The molecule has 26 heavy (non-hydrogen) atoms. The van der Waals surface area contributed by atoms with Crippen molar-refractivity contribution in [3.63, 3.8) is 0 Å². The van der Waals surface area contributed by atoms with E-state index in [1.165, 1.54) is 11.1 Å². The summed E-state index contributed by atoms with van der Waals surface area (Å²) in [5, 5.41) is 0. The minimum atomic E-state index is 0.320. The lowest BCUT2D eigenvalue weighted by Gasteiger charge is -2.05. The van der Waals surface area contributed by atoms with Crippen molar-refractivity contribution in [3.05, 3.63) is 72.4 Å². The van der Waals surface area contributed by atoms with Crippen LogP contribution in [0.4, 0.5) is 0 Å². The first-order chi connectivity index (χ1) is 12.6. The number of nitrogens with zero attached hydrogens (tertiary/aromatic N) is 2. The summed E-state index contributed by atoms with van der Waals surface area (Å²) in [4.78, 5) is 16.2. The Morgan fingerprint density at radius 2 is 1.69 bits per heavy atom. The second-order valence-corrected chi connectivity index (χ2v) is 6.85. The van der Waals surface area contributed by atoms with Crippen molar-refractivity contribution in [2.24, 2.45) is 0 Å². The fourth-order valence-electron chi connectivity index (χ4n) is 3.09. The molecule has 0 radical (unpaired) electrons. The number of H-pyrrole nitrogens is 2. The van der Waals surface area contributed by atoms with E-state index < -0.39 is 0 Å². The van der Waals surface area contributed by atoms with Crippen LogP contribution in [0, 0.1) is 6.92 Å². The summed E-state index contributed by atoms with van der Waals surface area (Å²) in [5.74, 6) is 1.30. The molecule has 4 rings (SSSR count). The lowest BCUT2D eigenvalue weighted by molar-refractivity contribution is 0.795. The van der Waals surface area contributed by atoms with Gasteiger partial charge in [-0.3, -0.25) is 4.98 Å². The molecule has 4 nitrogen and oxygen atoms in total. The molecule has 0 aliphatic carbocycles. The number of hydrogen-bond donors (Lipinski definition) is 2. The molecule has 1 aromatic carbocycles. The number of benzene rings is 1. The molecule has 0 atom stereocenters. The molecule has 130 valence electrons. The van der Waals surface area contributed by atoms with E-state index in [9.17, 15) is 0 Å². The number of pyridine rings is 1.